The fourth-order valence-corrected chi connectivity index (χ4v) is 3.92. The van der Waals surface area contributed by atoms with Crippen molar-refractivity contribution >= 4 is 11.8 Å². The molecular weight excluding hydrogens is 408 g/mol. The van der Waals surface area contributed by atoms with Gasteiger partial charge in [-0.3, -0.25) is 14.5 Å². The Bertz CT molecular complexity index is 934. The summed E-state index contributed by atoms with van der Waals surface area (Å²) in [5.41, 5.74) is 0.567. The number of benzene rings is 1. The maximum absolute atomic E-state index is 13.2. The summed E-state index contributed by atoms with van der Waals surface area (Å²) in [5, 5.41) is 8.99. The van der Waals surface area contributed by atoms with Crippen molar-refractivity contribution < 1.29 is 18.7 Å². The number of ether oxygens (including phenoxy) is 1. The molecular formula is C24H30N4O4. The standard InChI is InChI=1S/C24H30N4O4/c1-3-27(4-2)23(29)21-18-26(12-13-28(21)24(30)22-10-6-14-32-22)11-7-15-31-20-9-5-8-19(16-20)17-25/h5-6,8-10,14,16,21H,3-4,7,11-13,15,18H2,1-2H3. The van der Waals surface area contributed by atoms with Crippen LogP contribution in [0.15, 0.2) is 47.1 Å². The number of hydrogen-bond acceptors (Lipinski definition) is 6. The Morgan fingerprint density at radius 3 is 2.72 bits per heavy atom. The molecule has 2 amide bonds. The van der Waals surface area contributed by atoms with E-state index in [0.29, 0.717) is 50.6 Å². The number of nitrogens with zero attached hydrogens (tertiary/aromatic N) is 4. The number of furan rings is 1. The summed E-state index contributed by atoms with van der Waals surface area (Å²) in [7, 11) is 0. The van der Waals surface area contributed by atoms with Crippen LogP contribution in [0, 0.1) is 11.3 Å². The van der Waals surface area contributed by atoms with Crippen LogP contribution >= 0.6 is 0 Å². The van der Waals surface area contributed by atoms with Crippen LogP contribution in [-0.4, -0.2) is 78.4 Å². The summed E-state index contributed by atoms with van der Waals surface area (Å²) in [6.45, 7) is 7.97. The van der Waals surface area contributed by atoms with Gasteiger partial charge in [0, 0.05) is 39.3 Å². The highest BCUT2D eigenvalue weighted by Gasteiger charge is 2.37. The number of carbonyl (C=O) groups excluding carboxylic acids is 2. The molecule has 0 saturated carbocycles. The monoisotopic (exact) mass is 438 g/mol. The van der Waals surface area contributed by atoms with E-state index in [0.717, 1.165) is 13.0 Å². The average molecular weight is 439 g/mol. The predicted molar refractivity (Wildman–Crippen MR) is 119 cm³/mol. The van der Waals surface area contributed by atoms with Crippen LogP contribution in [0.3, 0.4) is 0 Å². The van der Waals surface area contributed by atoms with Crippen molar-refractivity contribution in [2.45, 2.75) is 26.3 Å². The summed E-state index contributed by atoms with van der Waals surface area (Å²) in [5.74, 6) is 0.640. The van der Waals surface area contributed by atoms with Crippen molar-refractivity contribution in [3.8, 4) is 11.8 Å². The van der Waals surface area contributed by atoms with Gasteiger partial charge in [0.2, 0.25) is 5.91 Å². The summed E-state index contributed by atoms with van der Waals surface area (Å²) in [6, 6.07) is 12.0. The Morgan fingerprint density at radius 2 is 2.03 bits per heavy atom. The highest BCUT2D eigenvalue weighted by Crippen LogP contribution is 2.18. The molecule has 2 aromatic rings. The molecule has 0 bridgehead atoms. The van der Waals surface area contributed by atoms with Gasteiger partial charge in [0.15, 0.2) is 5.76 Å². The third-order valence-electron chi connectivity index (χ3n) is 5.67. The number of piperazine rings is 1. The van der Waals surface area contributed by atoms with E-state index in [9.17, 15) is 9.59 Å². The van der Waals surface area contributed by atoms with E-state index < -0.39 is 6.04 Å². The van der Waals surface area contributed by atoms with E-state index in [1.165, 1.54) is 6.26 Å². The Kier molecular flexibility index (Phi) is 8.28. The molecule has 1 atom stereocenters. The van der Waals surface area contributed by atoms with E-state index in [-0.39, 0.29) is 17.6 Å². The van der Waals surface area contributed by atoms with Gasteiger partial charge in [-0.15, -0.1) is 0 Å². The molecule has 3 rings (SSSR count). The molecule has 1 saturated heterocycles. The third kappa shape index (κ3) is 5.68. The van der Waals surface area contributed by atoms with Crippen LogP contribution in [-0.2, 0) is 4.79 Å². The zero-order chi connectivity index (χ0) is 22.9. The van der Waals surface area contributed by atoms with Gasteiger partial charge in [0.1, 0.15) is 11.8 Å². The lowest BCUT2D eigenvalue weighted by Crippen LogP contribution is -2.61. The third-order valence-corrected chi connectivity index (χ3v) is 5.67. The van der Waals surface area contributed by atoms with Crippen molar-refractivity contribution in [3.05, 3.63) is 54.0 Å². The molecule has 0 radical (unpaired) electrons. The van der Waals surface area contributed by atoms with Gasteiger partial charge < -0.3 is 19.0 Å². The van der Waals surface area contributed by atoms with Gasteiger partial charge in [0.25, 0.3) is 5.91 Å². The van der Waals surface area contributed by atoms with Crippen LogP contribution in [0.2, 0.25) is 0 Å². The molecule has 2 heterocycles. The van der Waals surface area contributed by atoms with Crippen LogP contribution in [0.4, 0.5) is 0 Å². The molecule has 0 aliphatic carbocycles. The van der Waals surface area contributed by atoms with Crippen molar-refractivity contribution in [1.82, 2.24) is 14.7 Å². The lowest BCUT2D eigenvalue weighted by molar-refractivity contribution is -0.138. The average Bonchev–Trinajstić information content (AvgIpc) is 3.37. The van der Waals surface area contributed by atoms with Gasteiger partial charge >= 0.3 is 0 Å². The minimum absolute atomic E-state index is 0.0378. The Hall–Kier alpha value is -3.31. The van der Waals surface area contributed by atoms with E-state index in [2.05, 4.69) is 11.0 Å². The zero-order valence-electron chi connectivity index (χ0n) is 18.7. The van der Waals surface area contributed by atoms with E-state index in [4.69, 9.17) is 14.4 Å². The summed E-state index contributed by atoms with van der Waals surface area (Å²) in [6.07, 6.45) is 2.24. The fourth-order valence-electron chi connectivity index (χ4n) is 3.92. The molecule has 1 unspecified atom stereocenters. The normalized spacial score (nSPS) is 16.4. The molecule has 1 aromatic carbocycles. The van der Waals surface area contributed by atoms with Crippen LogP contribution in [0.1, 0.15) is 36.4 Å². The lowest BCUT2D eigenvalue weighted by atomic mass is 10.1. The van der Waals surface area contributed by atoms with Crippen molar-refractivity contribution in [3.63, 3.8) is 0 Å². The van der Waals surface area contributed by atoms with Crippen LogP contribution in [0.25, 0.3) is 0 Å². The van der Waals surface area contributed by atoms with Crippen molar-refractivity contribution in [1.29, 1.82) is 5.26 Å². The molecule has 1 aliphatic rings. The molecule has 32 heavy (non-hydrogen) atoms. The summed E-state index contributed by atoms with van der Waals surface area (Å²) >= 11 is 0. The minimum atomic E-state index is -0.547. The Balaban J connectivity index is 1.60. The number of likely N-dealkylation sites (N-methyl/N-ethyl adjacent to an activating group) is 1. The highest BCUT2D eigenvalue weighted by atomic mass is 16.5. The van der Waals surface area contributed by atoms with Crippen molar-refractivity contribution in [2.24, 2.45) is 0 Å². The van der Waals surface area contributed by atoms with E-state index in [1.807, 2.05) is 19.9 Å². The molecule has 1 fully saturated rings. The van der Waals surface area contributed by atoms with Gasteiger partial charge in [-0.2, -0.15) is 5.26 Å². The highest BCUT2D eigenvalue weighted by molar-refractivity contribution is 5.95. The quantitative estimate of drug-likeness (QED) is 0.559. The number of amides is 2. The number of nitriles is 1. The Morgan fingerprint density at radius 1 is 1.22 bits per heavy atom. The molecule has 8 nitrogen and oxygen atoms in total. The smallest absolute Gasteiger partial charge is 0.290 e. The maximum Gasteiger partial charge on any atom is 0.290 e. The minimum Gasteiger partial charge on any atom is -0.494 e. The first-order chi connectivity index (χ1) is 15.6. The van der Waals surface area contributed by atoms with Gasteiger partial charge in [-0.25, -0.2) is 0 Å². The lowest BCUT2D eigenvalue weighted by Gasteiger charge is -2.41. The van der Waals surface area contributed by atoms with Crippen molar-refractivity contribution in [2.75, 3.05) is 45.9 Å². The Labute approximate surface area is 188 Å². The predicted octanol–water partition coefficient (Wildman–Crippen LogP) is 2.62. The molecule has 0 spiro atoms. The SMILES string of the molecule is CCN(CC)C(=O)C1CN(CCCOc2cccc(C#N)c2)CCN1C(=O)c1ccco1. The molecule has 1 aromatic heterocycles. The summed E-state index contributed by atoms with van der Waals surface area (Å²) < 4.78 is 11.1. The first-order valence-corrected chi connectivity index (χ1v) is 11.1. The second-order valence-electron chi connectivity index (χ2n) is 7.64. The molecule has 0 N–H and O–H groups in total. The van der Waals surface area contributed by atoms with Crippen LogP contribution < -0.4 is 4.74 Å². The summed E-state index contributed by atoms with van der Waals surface area (Å²) in [4.78, 5) is 31.7. The number of rotatable bonds is 9. The van der Waals surface area contributed by atoms with Gasteiger partial charge in [-0.1, -0.05) is 6.07 Å². The molecule has 170 valence electrons. The van der Waals surface area contributed by atoms with E-state index >= 15 is 0 Å². The fraction of sp³-hybridized carbons (Fsp3) is 0.458. The topological polar surface area (TPSA) is 90.0 Å². The zero-order valence-corrected chi connectivity index (χ0v) is 18.7. The second-order valence-corrected chi connectivity index (χ2v) is 7.64. The number of hydrogen-bond donors (Lipinski definition) is 0. The maximum atomic E-state index is 13.2. The first-order valence-electron chi connectivity index (χ1n) is 11.1. The van der Waals surface area contributed by atoms with E-state index in [1.54, 1.807) is 40.1 Å². The largest absolute Gasteiger partial charge is 0.494 e. The van der Waals surface area contributed by atoms with Gasteiger partial charge in [-0.05, 0) is 50.6 Å². The van der Waals surface area contributed by atoms with Crippen LogP contribution in [0.5, 0.6) is 5.75 Å². The molecule has 1 aliphatic heterocycles. The first kappa shape index (κ1) is 23.4. The second kappa shape index (κ2) is 11.3. The van der Waals surface area contributed by atoms with Gasteiger partial charge in [0.05, 0.1) is 24.5 Å². The molecule has 8 heteroatoms. The number of carbonyl (C=O) groups is 2.